The summed E-state index contributed by atoms with van der Waals surface area (Å²) in [6.45, 7) is 3.39. The predicted molar refractivity (Wildman–Crippen MR) is 119 cm³/mol. The summed E-state index contributed by atoms with van der Waals surface area (Å²) in [4.78, 5) is 49.4. The fourth-order valence-electron chi connectivity index (χ4n) is 3.82. The smallest absolute Gasteiger partial charge is 0.331 e. The number of carbonyl (C=O) groups is 3. The van der Waals surface area contributed by atoms with Gasteiger partial charge in [0.05, 0.1) is 30.5 Å². The number of rotatable bonds is 6. The molecule has 34 heavy (non-hydrogen) atoms. The topological polar surface area (TPSA) is 137 Å². The van der Waals surface area contributed by atoms with Gasteiger partial charge in [-0.15, -0.1) is 0 Å². The highest BCUT2D eigenvalue weighted by molar-refractivity contribution is 6.31. The molecule has 0 spiro atoms. The standard InChI is InChI=1S/C23H20N4O7/c1-13-9-15(14(2)26(13)19-11-16(27(31)32)6-7-20(19)33-3)10-18-21(28)24-23(30)25(22(18)29)12-17-5-4-8-34-17/h4-11H,12H2,1-3H3,(H,24,28,30)/b18-10+. The van der Waals surface area contributed by atoms with E-state index in [4.69, 9.17) is 9.15 Å². The quantitative estimate of drug-likeness (QED) is 0.256. The maximum Gasteiger partial charge on any atom is 0.331 e. The van der Waals surface area contributed by atoms with Gasteiger partial charge in [-0.1, -0.05) is 0 Å². The third-order valence-electron chi connectivity index (χ3n) is 5.46. The summed E-state index contributed by atoms with van der Waals surface area (Å²) in [6.07, 6.45) is 2.81. The average molecular weight is 464 g/mol. The molecule has 0 unspecified atom stereocenters. The lowest BCUT2D eigenvalue weighted by molar-refractivity contribution is -0.384. The number of non-ortho nitro benzene ring substituents is 1. The number of amides is 4. The number of nitrogens with zero attached hydrogens (tertiary/aromatic N) is 3. The Kier molecular flexibility index (Phi) is 5.76. The van der Waals surface area contributed by atoms with E-state index >= 15 is 0 Å². The van der Waals surface area contributed by atoms with Gasteiger partial charge >= 0.3 is 6.03 Å². The molecule has 0 bridgehead atoms. The number of aromatic nitrogens is 1. The molecule has 0 aliphatic carbocycles. The van der Waals surface area contributed by atoms with E-state index in [1.165, 1.54) is 37.6 Å². The number of urea groups is 1. The minimum absolute atomic E-state index is 0.114. The van der Waals surface area contributed by atoms with Crippen molar-refractivity contribution < 1.29 is 28.5 Å². The van der Waals surface area contributed by atoms with Gasteiger partial charge in [-0.05, 0) is 49.8 Å². The molecular weight excluding hydrogens is 444 g/mol. The Balaban J connectivity index is 1.76. The van der Waals surface area contributed by atoms with E-state index in [0.29, 0.717) is 34.1 Å². The third kappa shape index (κ3) is 3.94. The molecule has 1 aliphatic rings. The number of aryl methyl sites for hydroxylation is 1. The number of barbiturate groups is 1. The molecule has 11 heteroatoms. The molecule has 4 rings (SSSR count). The van der Waals surface area contributed by atoms with Crippen LogP contribution >= 0.6 is 0 Å². The first kappa shape index (κ1) is 22.5. The molecule has 0 saturated carbocycles. The van der Waals surface area contributed by atoms with E-state index in [9.17, 15) is 24.5 Å². The largest absolute Gasteiger partial charge is 0.495 e. The molecule has 0 atom stereocenters. The van der Waals surface area contributed by atoms with Crippen LogP contribution in [0.25, 0.3) is 11.8 Å². The highest BCUT2D eigenvalue weighted by Crippen LogP contribution is 2.32. The molecule has 2 aromatic heterocycles. The molecule has 4 amide bonds. The molecule has 0 radical (unpaired) electrons. The monoisotopic (exact) mass is 464 g/mol. The van der Waals surface area contributed by atoms with Crippen LogP contribution in [-0.4, -0.2) is 39.3 Å². The average Bonchev–Trinajstić information content (AvgIpc) is 3.41. The molecule has 3 heterocycles. The van der Waals surface area contributed by atoms with Crippen LogP contribution in [0.4, 0.5) is 10.5 Å². The Morgan fingerprint density at radius 2 is 1.94 bits per heavy atom. The number of nitro groups is 1. The van der Waals surface area contributed by atoms with Crippen LogP contribution in [0.5, 0.6) is 5.75 Å². The zero-order valence-corrected chi connectivity index (χ0v) is 18.5. The number of ether oxygens (including phenoxy) is 1. The summed E-state index contributed by atoms with van der Waals surface area (Å²) in [6, 6.07) is 8.36. The van der Waals surface area contributed by atoms with Crippen LogP contribution in [0.15, 0.2) is 52.7 Å². The lowest BCUT2D eigenvalue weighted by atomic mass is 10.1. The first-order valence-electron chi connectivity index (χ1n) is 10.1. The van der Waals surface area contributed by atoms with Crippen LogP contribution in [-0.2, 0) is 16.1 Å². The number of benzene rings is 1. The summed E-state index contributed by atoms with van der Waals surface area (Å²) in [7, 11) is 1.46. The molecule has 1 aromatic carbocycles. The minimum atomic E-state index is -0.838. The molecule has 1 saturated heterocycles. The highest BCUT2D eigenvalue weighted by atomic mass is 16.6. The lowest BCUT2D eigenvalue weighted by Gasteiger charge is -2.25. The normalized spacial score (nSPS) is 15.1. The Bertz CT molecular complexity index is 1350. The number of nitrogens with one attached hydrogen (secondary N) is 1. The SMILES string of the molecule is COc1ccc([N+](=O)[O-])cc1-n1c(C)cc(/C=C2\C(=O)NC(=O)N(Cc3ccco3)C2=O)c1C. The number of nitro benzene ring substituents is 1. The van der Waals surface area contributed by atoms with E-state index < -0.39 is 22.8 Å². The first-order chi connectivity index (χ1) is 16.2. The van der Waals surface area contributed by atoms with Crippen molar-refractivity contribution in [1.82, 2.24) is 14.8 Å². The van der Waals surface area contributed by atoms with Gasteiger partial charge < -0.3 is 13.7 Å². The summed E-state index contributed by atoms with van der Waals surface area (Å²) < 4.78 is 12.3. The van der Waals surface area contributed by atoms with Gasteiger partial charge in [-0.3, -0.25) is 29.9 Å². The number of furan rings is 1. The third-order valence-corrected chi connectivity index (χ3v) is 5.46. The first-order valence-corrected chi connectivity index (χ1v) is 10.1. The van der Waals surface area contributed by atoms with E-state index in [0.717, 1.165) is 4.90 Å². The van der Waals surface area contributed by atoms with Crippen molar-refractivity contribution in [2.75, 3.05) is 7.11 Å². The number of hydrogen-bond acceptors (Lipinski definition) is 7. The van der Waals surface area contributed by atoms with Crippen LogP contribution in [0.2, 0.25) is 0 Å². The number of carbonyl (C=O) groups excluding carboxylic acids is 3. The second-order valence-corrected chi connectivity index (χ2v) is 7.56. The van der Waals surface area contributed by atoms with Crippen molar-refractivity contribution in [3.05, 3.63) is 81.1 Å². The molecule has 11 nitrogen and oxygen atoms in total. The van der Waals surface area contributed by atoms with Crippen molar-refractivity contribution in [2.45, 2.75) is 20.4 Å². The summed E-state index contributed by atoms with van der Waals surface area (Å²) in [5.74, 6) is -0.784. The Morgan fingerprint density at radius 1 is 1.18 bits per heavy atom. The fourth-order valence-corrected chi connectivity index (χ4v) is 3.82. The van der Waals surface area contributed by atoms with Crippen LogP contribution < -0.4 is 10.1 Å². The summed E-state index contributed by atoms with van der Waals surface area (Å²) >= 11 is 0. The maximum atomic E-state index is 13.0. The van der Waals surface area contributed by atoms with Crippen molar-refractivity contribution in [3.8, 4) is 11.4 Å². The van der Waals surface area contributed by atoms with Crippen LogP contribution in [0.1, 0.15) is 22.7 Å². The number of hydrogen-bond donors (Lipinski definition) is 1. The van der Waals surface area contributed by atoms with Gasteiger partial charge in [0.2, 0.25) is 0 Å². The molecule has 3 aromatic rings. The predicted octanol–water partition coefficient (Wildman–Crippen LogP) is 3.27. The van der Waals surface area contributed by atoms with Crippen LogP contribution in [0, 0.1) is 24.0 Å². The van der Waals surface area contributed by atoms with Crippen molar-refractivity contribution >= 4 is 29.6 Å². The summed E-state index contributed by atoms with van der Waals surface area (Å²) in [5, 5.41) is 13.5. The van der Waals surface area contributed by atoms with E-state index in [1.807, 2.05) is 0 Å². The molecule has 174 valence electrons. The van der Waals surface area contributed by atoms with Gasteiger partial charge in [0.1, 0.15) is 17.1 Å². The Hall–Kier alpha value is -4.67. The van der Waals surface area contributed by atoms with Gasteiger partial charge in [0.15, 0.2) is 0 Å². The maximum absolute atomic E-state index is 13.0. The van der Waals surface area contributed by atoms with E-state index in [2.05, 4.69) is 5.32 Å². The van der Waals surface area contributed by atoms with Gasteiger partial charge in [-0.25, -0.2) is 4.79 Å². The molecule has 1 fully saturated rings. The zero-order valence-electron chi connectivity index (χ0n) is 18.5. The minimum Gasteiger partial charge on any atom is -0.495 e. The Morgan fingerprint density at radius 3 is 2.59 bits per heavy atom. The molecular formula is C23H20N4O7. The van der Waals surface area contributed by atoms with E-state index in [-0.39, 0.29) is 17.8 Å². The van der Waals surface area contributed by atoms with Crippen molar-refractivity contribution in [1.29, 1.82) is 0 Å². The zero-order chi connectivity index (χ0) is 24.6. The number of imide groups is 2. The molecule has 1 N–H and O–H groups in total. The van der Waals surface area contributed by atoms with Gasteiger partial charge in [0.25, 0.3) is 17.5 Å². The lowest BCUT2D eigenvalue weighted by Crippen LogP contribution is -2.53. The van der Waals surface area contributed by atoms with E-state index in [1.54, 1.807) is 36.6 Å². The summed E-state index contributed by atoms with van der Waals surface area (Å²) in [5.41, 5.74) is 1.92. The fraction of sp³-hybridized carbons (Fsp3) is 0.174. The Labute approximate surface area is 193 Å². The second kappa shape index (κ2) is 8.70. The highest BCUT2D eigenvalue weighted by Gasteiger charge is 2.36. The number of methoxy groups -OCH3 is 1. The second-order valence-electron chi connectivity index (χ2n) is 7.56. The van der Waals surface area contributed by atoms with Crippen LogP contribution in [0.3, 0.4) is 0 Å². The molecule has 1 aliphatic heterocycles. The van der Waals surface area contributed by atoms with Gasteiger partial charge in [0, 0.05) is 23.5 Å². The van der Waals surface area contributed by atoms with Crippen molar-refractivity contribution in [3.63, 3.8) is 0 Å². The van der Waals surface area contributed by atoms with Gasteiger partial charge in [-0.2, -0.15) is 0 Å². The van der Waals surface area contributed by atoms with Crippen molar-refractivity contribution in [2.24, 2.45) is 0 Å².